The van der Waals surface area contributed by atoms with Gasteiger partial charge < -0.3 is 10.2 Å². The minimum absolute atomic E-state index is 0.181. The Morgan fingerprint density at radius 1 is 1.38 bits per heavy atom. The van der Waals surface area contributed by atoms with Crippen LogP contribution >= 0.6 is 22.9 Å². The van der Waals surface area contributed by atoms with Crippen molar-refractivity contribution in [1.82, 2.24) is 10.2 Å². The Morgan fingerprint density at radius 2 is 2.08 bits per heavy atom. The van der Waals surface area contributed by atoms with Crippen molar-refractivity contribution in [3.8, 4) is 0 Å². The van der Waals surface area contributed by atoms with Crippen molar-refractivity contribution in [2.24, 2.45) is 11.8 Å². The van der Waals surface area contributed by atoms with Gasteiger partial charge in [-0.15, -0.1) is 11.3 Å². The lowest BCUT2D eigenvalue weighted by atomic mass is 9.92. The summed E-state index contributed by atoms with van der Waals surface area (Å²) in [6, 6.07) is 4.40. The molecule has 1 fully saturated rings. The van der Waals surface area contributed by atoms with E-state index in [1.807, 2.05) is 0 Å². The van der Waals surface area contributed by atoms with Gasteiger partial charge in [-0.25, -0.2) is 4.39 Å². The molecule has 1 aliphatic rings. The lowest BCUT2D eigenvalue weighted by Crippen LogP contribution is -2.42. The number of carbonyl (C=O) groups excluding carboxylic acids is 1. The number of thiophene rings is 1. The van der Waals surface area contributed by atoms with Crippen LogP contribution in [0.5, 0.6) is 0 Å². The predicted octanol–water partition coefficient (Wildman–Crippen LogP) is 4.40. The molecule has 1 saturated heterocycles. The number of hydrogen-bond acceptors (Lipinski definition) is 3. The van der Waals surface area contributed by atoms with Crippen molar-refractivity contribution in [1.29, 1.82) is 0 Å². The topological polar surface area (TPSA) is 32.3 Å². The number of fused-ring (bicyclic) bond motifs is 1. The fourth-order valence-corrected chi connectivity index (χ4v) is 5.03. The van der Waals surface area contributed by atoms with E-state index in [-0.39, 0.29) is 11.7 Å². The van der Waals surface area contributed by atoms with Gasteiger partial charge in [-0.05, 0) is 36.5 Å². The van der Waals surface area contributed by atoms with Crippen LogP contribution in [-0.4, -0.2) is 37.0 Å². The van der Waals surface area contributed by atoms with Crippen molar-refractivity contribution in [3.05, 3.63) is 33.9 Å². The molecule has 24 heavy (non-hydrogen) atoms. The lowest BCUT2D eigenvalue weighted by molar-refractivity contribution is 0.0941. The maximum Gasteiger partial charge on any atom is 0.262 e. The maximum absolute atomic E-state index is 13.3. The fourth-order valence-electron chi connectivity index (χ4n) is 3.57. The van der Waals surface area contributed by atoms with E-state index >= 15 is 0 Å². The summed E-state index contributed by atoms with van der Waals surface area (Å²) in [5.74, 6) is 0.910. The van der Waals surface area contributed by atoms with Gasteiger partial charge in [0.25, 0.3) is 5.91 Å². The Morgan fingerprint density at radius 3 is 2.79 bits per heavy atom. The van der Waals surface area contributed by atoms with Gasteiger partial charge in [0.05, 0.1) is 5.02 Å². The molecule has 0 bridgehead atoms. The molecule has 1 aromatic carbocycles. The number of nitrogens with one attached hydrogen (secondary N) is 1. The van der Waals surface area contributed by atoms with Gasteiger partial charge in [-0.3, -0.25) is 4.79 Å². The number of benzene rings is 1. The number of hydrogen-bond donors (Lipinski definition) is 1. The fraction of sp³-hybridized carbons (Fsp3) is 0.500. The number of piperidine rings is 1. The Kier molecular flexibility index (Phi) is 5.42. The van der Waals surface area contributed by atoms with E-state index in [4.69, 9.17) is 11.6 Å². The van der Waals surface area contributed by atoms with Crippen molar-refractivity contribution >= 4 is 38.9 Å². The van der Waals surface area contributed by atoms with E-state index in [1.54, 1.807) is 6.07 Å². The zero-order chi connectivity index (χ0) is 17.3. The zero-order valence-corrected chi connectivity index (χ0v) is 15.5. The van der Waals surface area contributed by atoms with Crippen LogP contribution in [0.3, 0.4) is 0 Å². The molecule has 1 amide bonds. The molecule has 6 heteroatoms. The molecule has 1 aliphatic heterocycles. The molecular formula is C18H22ClFN2OS. The molecule has 2 heterocycles. The van der Waals surface area contributed by atoms with Crippen LogP contribution in [-0.2, 0) is 0 Å². The molecule has 3 nitrogen and oxygen atoms in total. The van der Waals surface area contributed by atoms with Gasteiger partial charge in [-0.2, -0.15) is 0 Å². The number of rotatable bonds is 4. The minimum atomic E-state index is -0.319. The molecule has 3 rings (SSSR count). The van der Waals surface area contributed by atoms with Crippen molar-refractivity contribution < 1.29 is 9.18 Å². The molecule has 0 spiro atoms. The zero-order valence-electron chi connectivity index (χ0n) is 13.9. The van der Waals surface area contributed by atoms with Crippen LogP contribution in [0.25, 0.3) is 10.1 Å². The van der Waals surface area contributed by atoms with E-state index in [9.17, 15) is 9.18 Å². The largest absolute Gasteiger partial charge is 0.350 e. The number of nitrogens with zero attached hydrogens (tertiary/aromatic N) is 1. The van der Waals surface area contributed by atoms with E-state index < -0.39 is 0 Å². The predicted molar refractivity (Wildman–Crippen MR) is 98.5 cm³/mol. The van der Waals surface area contributed by atoms with E-state index in [2.05, 4.69) is 24.1 Å². The molecular weight excluding hydrogens is 347 g/mol. The SMILES string of the molecule is CC1CC(C)CN(CCNC(=O)c2sc3cc(F)ccc3c2Cl)C1. The quantitative estimate of drug-likeness (QED) is 0.867. The summed E-state index contributed by atoms with van der Waals surface area (Å²) in [4.78, 5) is 15.3. The van der Waals surface area contributed by atoms with E-state index in [1.165, 1.54) is 29.9 Å². The third kappa shape index (κ3) is 3.90. The molecule has 0 saturated carbocycles. The third-order valence-electron chi connectivity index (χ3n) is 4.46. The Labute approximate surface area is 150 Å². The summed E-state index contributed by atoms with van der Waals surface area (Å²) in [6.45, 7) is 8.16. The van der Waals surface area contributed by atoms with Gasteiger partial charge in [0.1, 0.15) is 10.7 Å². The number of carbonyl (C=O) groups is 1. The highest BCUT2D eigenvalue weighted by Gasteiger charge is 2.22. The molecule has 1 N–H and O–H groups in total. The minimum Gasteiger partial charge on any atom is -0.350 e. The standard InChI is InChI=1S/C18H22ClFN2OS/c1-11-7-12(2)10-22(9-11)6-5-21-18(23)17-16(19)14-4-3-13(20)8-15(14)24-17/h3-4,8,11-12H,5-7,9-10H2,1-2H3,(H,21,23). The van der Waals surface area contributed by atoms with Gasteiger partial charge in [0.15, 0.2) is 0 Å². The average molecular weight is 369 g/mol. The summed E-state index contributed by atoms with van der Waals surface area (Å²) in [7, 11) is 0. The van der Waals surface area contributed by atoms with E-state index in [0.717, 1.165) is 25.0 Å². The van der Waals surface area contributed by atoms with Gasteiger partial charge in [0.2, 0.25) is 0 Å². The second-order valence-corrected chi connectivity index (χ2v) is 8.28. The van der Waals surface area contributed by atoms with Gasteiger partial charge in [0, 0.05) is 36.3 Å². The molecule has 0 aliphatic carbocycles. The maximum atomic E-state index is 13.3. The van der Waals surface area contributed by atoms with Crippen molar-refractivity contribution in [2.45, 2.75) is 20.3 Å². The molecule has 0 radical (unpaired) electrons. The second kappa shape index (κ2) is 7.38. The van der Waals surface area contributed by atoms with Gasteiger partial charge in [-0.1, -0.05) is 25.4 Å². The van der Waals surface area contributed by atoms with Crippen LogP contribution in [0.1, 0.15) is 29.9 Å². The Hall–Kier alpha value is -1.17. The smallest absolute Gasteiger partial charge is 0.262 e. The Balaban J connectivity index is 1.60. The summed E-state index contributed by atoms with van der Waals surface area (Å²) >= 11 is 7.52. The van der Waals surface area contributed by atoms with Crippen LogP contribution in [0.15, 0.2) is 18.2 Å². The molecule has 2 atom stereocenters. The van der Waals surface area contributed by atoms with E-state index in [0.29, 0.717) is 33.0 Å². The van der Waals surface area contributed by atoms with Crippen LogP contribution in [0.4, 0.5) is 4.39 Å². The first-order valence-electron chi connectivity index (χ1n) is 8.32. The highest BCUT2D eigenvalue weighted by atomic mass is 35.5. The lowest BCUT2D eigenvalue weighted by Gasteiger charge is -2.34. The highest BCUT2D eigenvalue weighted by Crippen LogP contribution is 2.35. The summed E-state index contributed by atoms with van der Waals surface area (Å²) < 4.78 is 14.0. The summed E-state index contributed by atoms with van der Waals surface area (Å²) in [5, 5.41) is 4.08. The molecule has 1 aromatic heterocycles. The number of halogens is 2. The van der Waals surface area contributed by atoms with Crippen LogP contribution in [0, 0.1) is 17.7 Å². The number of likely N-dealkylation sites (tertiary alicyclic amines) is 1. The van der Waals surface area contributed by atoms with Crippen molar-refractivity contribution in [2.75, 3.05) is 26.2 Å². The first kappa shape index (κ1) is 17.6. The van der Waals surface area contributed by atoms with Crippen LogP contribution in [0.2, 0.25) is 5.02 Å². The summed E-state index contributed by atoms with van der Waals surface area (Å²) in [6.07, 6.45) is 1.27. The molecule has 2 aromatic rings. The molecule has 2 unspecified atom stereocenters. The van der Waals surface area contributed by atoms with Crippen LogP contribution < -0.4 is 5.32 Å². The monoisotopic (exact) mass is 368 g/mol. The molecule has 130 valence electrons. The highest BCUT2D eigenvalue weighted by molar-refractivity contribution is 7.21. The summed E-state index contributed by atoms with van der Waals surface area (Å²) in [5.41, 5.74) is 0. The number of amides is 1. The second-order valence-electron chi connectivity index (χ2n) is 6.85. The first-order valence-corrected chi connectivity index (χ1v) is 9.51. The Bertz CT molecular complexity index is 738. The van der Waals surface area contributed by atoms with Gasteiger partial charge >= 0.3 is 0 Å². The average Bonchev–Trinajstić information content (AvgIpc) is 2.82. The third-order valence-corrected chi connectivity index (χ3v) is 6.11. The normalized spacial score (nSPS) is 22.0. The first-order chi connectivity index (χ1) is 11.4. The van der Waals surface area contributed by atoms with Crippen molar-refractivity contribution in [3.63, 3.8) is 0 Å².